The molecule has 3 heterocycles. The van der Waals surface area contributed by atoms with E-state index in [0.29, 0.717) is 11.7 Å². The summed E-state index contributed by atoms with van der Waals surface area (Å²) in [5, 5.41) is 6.12. The molecule has 0 spiro atoms. The number of thiophene rings is 1. The molecule has 2 aromatic heterocycles. The van der Waals surface area contributed by atoms with Gasteiger partial charge in [-0.3, -0.25) is 4.90 Å². The Hall–Kier alpha value is -1.63. The van der Waals surface area contributed by atoms with Crippen LogP contribution in [0.5, 0.6) is 0 Å². The molecule has 4 rings (SSSR count). The molecule has 1 fully saturated rings. The normalized spacial score (nSPS) is 15.7. The predicted molar refractivity (Wildman–Crippen MR) is 93.9 cm³/mol. The van der Waals surface area contributed by atoms with Gasteiger partial charge in [-0.2, -0.15) is 4.98 Å². The van der Waals surface area contributed by atoms with Crippen LogP contribution in [0.4, 0.5) is 0 Å². The molecule has 0 radical (unpaired) electrons. The summed E-state index contributed by atoms with van der Waals surface area (Å²) in [5.41, 5.74) is 1.35. The van der Waals surface area contributed by atoms with Crippen LogP contribution in [-0.4, -0.2) is 34.4 Å². The maximum atomic E-state index is 5.44. The van der Waals surface area contributed by atoms with Gasteiger partial charge in [0.05, 0.1) is 10.8 Å². The van der Waals surface area contributed by atoms with Gasteiger partial charge in [-0.15, -0.1) is 23.1 Å². The Morgan fingerprint density at radius 2 is 2.09 bits per heavy atom. The Morgan fingerprint density at radius 3 is 2.78 bits per heavy atom. The highest BCUT2D eigenvalue weighted by Gasteiger charge is 2.32. The second kappa shape index (κ2) is 6.47. The van der Waals surface area contributed by atoms with Crippen molar-refractivity contribution in [1.29, 1.82) is 0 Å². The van der Waals surface area contributed by atoms with E-state index in [4.69, 9.17) is 4.52 Å². The van der Waals surface area contributed by atoms with Gasteiger partial charge in [-0.05, 0) is 35.4 Å². The summed E-state index contributed by atoms with van der Waals surface area (Å²) in [6.45, 7) is 2.95. The molecular weight excluding hydrogens is 326 g/mol. The van der Waals surface area contributed by atoms with Gasteiger partial charge in [0.1, 0.15) is 0 Å². The third-order valence-electron chi connectivity index (χ3n) is 4.05. The fourth-order valence-electron chi connectivity index (χ4n) is 2.75. The van der Waals surface area contributed by atoms with Crippen LogP contribution in [0.25, 0.3) is 10.7 Å². The lowest BCUT2D eigenvalue weighted by atomic mass is 9.99. The summed E-state index contributed by atoms with van der Waals surface area (Å²) < 4.78 is 5.44. The second-order valence-electron chi connectivity index (χ2n) is 5.67. The maximum absolute atomic E-state index is 5.44. The number of aromatic nitrogens is 2. The van der Waals surface area contributed by atoms with Crippen LogP contribution in [-0.2, 0) is 6.54 Å². The van der Waals surface area contributed by atoms with Crippen molar-refractivity contribution in [3.05, 3.63) is 53.2 Å². The van der Waals surface area contributed by atoms with E-state index < -0.39 is 0 Å². The van der Waals surface area contributed by atoms with Crippen LogP contribution in [0, 0.1) is 0 Å². The molecule has 0 atom stereocenters. The number of likely N-dealkylation sites (tertiary alicyclic amines) is 1. The third-order valence-corrected chi connectivity index (χ3v) is 5.66. The van der Waals surface area contributed by atoms with Gasteiger partial charge >= 0.3 is 0 Å². The molecule has 0 aliphatic carbocycles. The first-order valence-corrected chi connectivity index (χ1v) is 9.65. The Kier molecular flexibility index (Phi) is 4.20. The van der Waals surface area contributed by atoms with E-state index in [-0.39, 0.29) is 0 Å². The van der Waals surface area contributed by atoms with Crippen molar-refractivity contribution in [3.63, 3.8) is 0 Å². The summed E-state index contributed by atoms with van der Waals surface area (Å²) >= 11 is 3.41. The van der Waals surface area contributed by atoms with Gasteiger partial charge in [0.25, 0.3) is 0 Å². The molecule has 23 heavy (non-hydrogen) atoms. The lowest BCUT2D eigenvalue weighted by Gasteiger charge is -2.37. The monoisotopic (exact) mass is 343 g/mol. The van der Waals surface area contributed by atoms with Crippen LogP contribution >= 0.6 is 23.1 Å². The number of benzene rings is 1. The van der Waals surface area contributed by atoms with Gasteiger partial charge in [0.15, 0.2) is 0 Å². The molecule has 4 nitrogen and oxygen atoms in total. The van der Waals surface area contributed by atoms with Crippen LogP contribution in [0.3, 0.4) is 0 Å². The van der Waals surface area contributed by atoms with Crippen molar-refractivity contribution in [2.24, 2.45) is 0 Å². The minimum atomic E-state index is 0.363. The highest BCUT2D eigenvalue weighted by atomic mass is 32.2. The Bertz CT molecular complexity index is 762. The number of nitrogens with zero attached hydrogens (tertiary/aromatic N) is 3. The summed E-state index contributed by atoms with van der Waals surface area (Å²) in [5.74, 6) is 1.84. The van der Waals surface area contributed by atoms with E-state index in [1.807, 2.05) is 17.5 Å². The molecule has 118 valence electrons. The molecule has 3 aromatic rings. The largest absolute Gasteiger partial charge is 0.339 e. The zero-order valence-corrected chi connectivity index (χ0v) is 14.4. The first-order chi connectivity index (χ1) is 11.3. The molecule has 1 aliphatic heterocycles. The van der Waals surface area contributed by atoms with E-state index in [9.17, 15) is 0 Å². The molecule has 1 saturated heterocycles. The van der Waals surface area contributed by atoms with Crippen LogP contribution in [0.15, 0.2) is 51.2 Å². The minimum Gasteiger partial charge on any atom is -0.339 e. The predicted octanol–water partition coefficient (Wildman–Crippen LogP) is 4.12. The summed E-state index contributed by atoms with van der Waals surface area (Å²) in [4.78, 5) is 9.32. The quantitative estimate of drug-likeness (QED) is 0.652. The zero-order chi connectivity index (χ0) is 15.6. The average Bonchev–Trinajstić information content (AvgIpc) is 3.22. The maximum Gasteiger partial charge on any atom is 0.232 e. The Morgan fingerprint density at radius 1 is 1.26 bits per heavy atom. The van der Waals surface area contributed by atoms with E-state index in [2.05, 4.69) is 45.6 Å². The molecule has 0 saturated carbocycles. The van der Waals surface area contributed by atoms with E-state index >= 15 is 0 Å². The standard InChI is InChI=1S/C17H17N3OS2/c1-22-14-6-4-12(5-7-14)9-20-10-13(11-20)17-18-16(19-21-17)15-3-2-8-23-15/h2-8,13H,9-11H2,1H3. The fraction of sp³-hybridized carbons (Fsp3) is 0.294. The SMILES string of the molecule is CSc1ccc(CN2CC(c3nc(-c4cccs4)no3)C2)cc1. The lowest BCUT2D eigenvalue weighted by Crippen LogP contribution is -2.44. The van der Waals surface area contributed by atoms with E-state index in [1.54, 1.807) is 23.1 Å². The fourth-order valence-corrected chi connectivity index (χ4v) is 3.81. The molecule has 0 amide bonds. The van der Waals surface area contributed by atoms with Crippen LogP contribution in [0.1, 0.15) is 17.4 Å². The second-order valence-corrected chi connectivity index (χ2v) is 7.50. The van der Waals surface area contributed by atoms with Crippen molar-refractivity contribution in [1.82, 2.24) is 15.0 Å². The molecule has 6 heteroatoms. The minimum absolute atomic E-state index is 0.363. The van der Waals surface area contributed by atoms with Crippen molar-refractivity contribution in [2.75, 3.05) is 19.3 Å². The molecule has 0 N–H and O–H groups in total. The Balaban J connectivity index is 1.34. The van der Waals surface area contributed by atoms with Gasteiger partial charge in [0, 0.05) is 24.5 Å². The topological polar surface area (TPSA) is 42.2 Å². The van der Waals surface area contributed by atoms with Gasteiger partial charge < -0.3 is 4.52 Å². The van der Waals surface area contributed by atoms with Crippen LogP contribution < -0.4 is 0 Å². The third kappa shape index (κ3) is 3.20. The molecule has 1 aromatic carbocycles. The molecule has 0 bridgehead atoms. The van der Waals surface area contributed by atoms with Crippen LogP contribution in [0.2, 0.25) is 0 Å². The Labute approximate surface area is 143 Å². The number of hydrogen-bond donors (Lipinski definition) is 0. The smallest absolute Gasteiger partial charge is 0.232 e. The van der Waals surface area contributed by atoms with Gasteiger partial charge in [-0.25, -0.2) is 0 Å². The average molecular weight is 343 g/mol. The lowest BCUT2D eigenvalue weighted by molar-refractivity contribution is 0.117. The van der Waals surface area contributed by atoms with Crippen molar-refractivity contribution < 1.29 is 4.52 Å². The van der Waals surface area contributed by atoms with Crippen molar-refractivity contribution in [3.8, 4) is 10.7 Å². The highest BCUT2D eigenvalue weighted by molar-refractivity contribution is 7.98. The van der Waals surface area contributed by atoms with Crippen molar-refractivity contribution >= 4 is 23.1 Å². The molecule has 1 aliphatic rings. The van der Waals surface area contributed by atoms with Crippen molar-refractivity contribution in [2.45, 2.75) is 17.4 Å². The highest BCUT2D eigenvalue weighted by Crippen LogP contribution is 2.30. The number of rotatable bonds is 5. The first kappa shape index (κ1) is 14.9. The zero-order valence-electron chi connectivity index (χ0n) is 12.8. The summed E-state index contributed by atoms with van der Waals surface area (Å²) in [6, 6.07) is 12.8. The molecular formula is C17H17N3OS2. The van der Waals surface area contributed by atoms with Gasteiger partial charge in [-0.1, -0.05) is 23.4 Å². The van der Waals surface area contributed by atoms with E-state index in [0.717, 1.165) is 30.4 Å². The molecule has 0 unspecified atom stereocenters. The number of hydrogen-bond acceptors (Lipinski definition) is 6. The number of thioether (sulfide) groups is 1. The van der Waals surface area contributed by atoms with E-state index in [1.165, 1.54) is 10.5 Å². The van der Waals surface area contributed by atoms with Gasteiger partial charge in [0.2, 0.25) is 11.7 Å². The summed E-state index contributed by atoms with van der Waals surface area (Å²) in [6.07, 6.45) is 2.10. The summed E-state index contributed by atoms with van der Waals surface area (Å²) in [7, 11) is 0. The first-order valence-electron chi connectivity index (χ1n) is 7.54.